The SMILES string of the molecule is CC1(C)COc2c([S+]([O-])NC(=O)Nc3c4c(cc5c3C[C@H](F)C5)CCC4)cnn2C1. The predicted octanol–water partition coefficient (Wildman–Crippen LogP) is 3.07. The van der Waals surface area contributed by atoms with Crippen molar-refractivity contribution in [3.05, 3.63) is 34.5 Å². The summed E-state index contributed by atoms with van der Waals surface area (Å²) in [6, 6.07) is 1.52. The lowest BCUT2D eigenvalue weighted by Gasteiger charge is -2.30. The first-order chi connectivity index (χ1) is 14.3. The number of carbonyl (C=O) groups excluding carboxylic acids is 1. The Bertz CT molecular complexity index is 1020. The molecule has 0 bridgehead atoms. The topological polar surface area (TPSA) is 91.2 Å². The fourth-order valence-corrected chi connectivity index (χ4v) is 5.48. The quantitative estimate of drug-likeness (QED) is 0.730. The van der Waals surface area contributed by atoms with Gasteiger partial charge in [0.25, 0.3) is 10.8 Å². The van der Waals surface area contributed by atoms with E-state index in [1.165, 1.54) is 11.8 Å². The zero-order valence-corrected chi connectivity index (χ0v) is 17.9. The molecule has 30 heavy (non-hydrogen) atoms. The van der Waals surface area contributed by atoms with E-state index in [1.807, 2.05) is 0 Å². The average Bonchev–Trinajstić information content (AvgIpc) is 3.37. The van der Waals surface area contributed by atoms with Crippen LogP contribution in [0.5, 0.6) is 5.88 Å². The Morgan fingerprint density at radius 1 is 1.33 bits per heavy atom. The number of alkyl halides is 1. The maximum Gasteiger partial charge on any atom is 0.361 e. The number of fused-ring (bicyclic) bond motifs is 3. The van der Waals surface area contributed by atoms with Crippen molar-refractivity contribution in [1.82, 2.24) is 14.5 Å². The van der Waals surface area contributed by atoms with E-state index in [1.54, 1.807) is 4.68 Å². The van der Waals surface area contributed by atoms with E-state index in [0.29, 0.717) is 42.5 Å². The number of benzene rings is 1. The van der Waals surface area contributed by atoms with Gasteiger partial charge in [-0.1, -0.05) is 19.9 Å². The van der Waals surface area contributed by atoms with Gasteiger partial charge in [0.1, 0.15) is 23.7 Å². The Morgan fingerprint density at radius 2 is 2.17 bits per heavy atom. The normalized spacial score (nSPS) is 21.9. The van der Waals surface area contributed by atoms with Crippen molar-refractivity contribution in [3.8, 4) is 5.88 Å². The highest BCUT2D eigenvalue weighted by Crippen LogP contribution is 2.39. The second-order valence-corrected chi connectivity index (χ2v) is 10.3. The second kappa shape index (κ2) is 7.16. The molecule has 5 rings (SSSR count). The number of hydrogen-bond acceptors (Lipinski definition) is 4. The molecule has 0 saturated heterocycles. The molecular weight excluding hydrogens is 407 g/mol. The number of rotatable bonds is 3. The molecule has 160 valence electrons. The number of aromatic nitrogens is 2. The minimum absolute atomic E-state index is 0.0646. The minimum atomic E-state index is -1.82. The summed E-state index contributed by atoms with van der Waals surface area (Å²) in [6.45, 7) is 5.28. The largest absolute Gasteiger partial charge is 0.588 e. The first kappa shape index (κ1) is 19.7. The monoisotopic (exact) mass is 432 g/mol. The predicted molar refractivity (Wildman–Crippen MR) is 111 cm³/mol. The molecule has 1 unspecified atom stereocenters. The van der Waals surface area contributed by atoms with E-state index in [2.05, 4.69) is 35.1 Å². The van der Waals surface area contributed by atoms with Gasteiger partial charge in [0, 0.05) is 23.9 Å². The summed E-state index contributed by atoms with van der Waals surface area (Å²) in [5, 5.41) is 7.12. The van der Waals surface area contributed by atoms with Crippen molar-refractivity contribution in [2.24, 2.45) is 5.41 Å². The van der Waals surface area contributed by atoms with Crippen LogP contribution in [-0.4, -0.2) is 33.1 Å². The molecule has 3 aliphatic rings. The first-order valence-corrected chi connectivity index (χ1v) is 11.4. The molecule has 0 radical (unpaired) electrons. The van der Waals surface area contributed by atoms with E-state index in [4.69, 9.17) is 4.74 Å². The number of nitrogens with one attached hydrogen (secondary N) is 2. The van der Waals surface area contributed by atoms with Gasteiger partial charge in [-0.3, -0.25) is 0 Å². The molecule has 2 N–H and O–H groups in total. The standard InChI is InChI=1S/C21H25FN4O3S/c1-21(2)10-26-19(29-11-21)17(9-23-26)30(28)25-20(27)24-18-15-5-3-4-12(15)6-13-7-14(22)8-16(13)18/h6,9,14H,3-5,7-8,10-11H2,1-2H3,(H2,24,25,27)/t14-,30?/m1/s1. The minimum Gasteiger partial charge on any atom is -0.588 e. The van der Waals surface area contributed by atoms with Crippen molar-refractivity contribution >= 4 is 23.1 Å². The summed E-state index contributed by atoms with van der Waals surface area (Å²) >= 11 is -1.82. The lowest BCUT2D eigenvalue weighted by Crippen LogP contribution is -2.36. The van der Waals surface area contributed by atoms with Crippen LogP contribution < -0.4 is 14.8 Å². The Labute approximate surface area is 177 Å². The lowest BCUT2D eigenvalue weighted by atomic mass is 9.94. The fourth-order valence-electron chi connectivity index (χ4n) is 4.69. The van der Waals surface area contributed by atoms with Crippen LogP contribution in [0.15, 0.2) is 17.2 Å². The Hall–Kier alpha value is -2.26. The van der Waals surface area contributed by atoms with Crippen molar-refractivity contribution in [1.29, 1.82) is 0 Å². The van der Waals surface area contributed by atoms with E-state index >= 15 is 0 Å². The van der Waals surface area contributed by atoms with Crippen LogP contribution in [0.1, 0.15) is 42.5 Å². The number of amides is 2. The van der Waals surface area contributed by atoms with Crippen molar-refractivity contribution in [2.75, 3.05) is 11.9 Å². The van der Waals surface area contributed by atoms with Gasteiger partial charge >= 0.3 is 6.03 Å². The highest BCUT2D eigenvalue weighted by atomic mass is 32.2. The van der Waals surface area contributed by atoms with Gasteiger partial charge in [-0.05, 0) is 41.5 Å². The van der Waals surface area contributed by atoms with Crippen molar-refractivity contribution in [2.45, 2.75) is 63.6 Å². The summed E-state index contributed by atoms with van der Waals surface area (Å²) in [5.74, 6) is 0.426. The molecular formula is C21H25FN4O3S. The van der Waals surface area contributed by atoms with E-state index in [0.717, 1.165) is 36.0 Å². The molecule has 0 fully saturated rings. The van der Waals surface area contributed by atoms with Crippen molar-refractivity contribution < 1.29 is 18.5 Å². The third kappa shape index (κ3) is 3.43. The van der Waals surface area contributed by atoms with Gasteiger partial charge in [-0.2, -0.15) is 5.10 Å². The lowest BCUT2D eigenvalue weighted by molar-refractivity contribution is 0.0970. The van der Waals surface area contributed by atoms with Crippen LogP contribution in [0.3, 0.4) is 0 Å². The zero-order chi connectivity index (χ0) is 21.0. The van der Waals surface area contributed by atoms with Crippen LogP contribution in [0.25, 0.3) is 0 Å². The number of nitrogens with zero attached hydrogens (tertiary/aromatic N) is 2. The van der Waals surface area contributed by atoms with Crippen molar-refractivity contribution in [3.63, 3.8) is 0 Å². The Morgan fingerprint density at radius 3 is 3.00 bits per heavy atom. The molecule has 2 aliphatic carbocycles. The maximum atomic E-state index is 14.0. The molecule has 9 heteroatoms. The molecule has 0 saturated carbocycles. The molecule has 0 spiro atoms. The summed E-state index contributed by atoms with van der Waals surface area (Å²) in [6.07, 6.45) is 4.08. The molecule has 2 heterocycles. The maximum absolute atomic E-state index is 14.0. The summed E-state index contributed by atoms with van der Waals surface area (Å²) in [4.78, 5) is 13.0. The molecule has 1 aromatic carbocycles. The van der Waals surface area contributed by atoms with Crippen LogP contribution in [-0.2, 0) is 43.6 Å². The summed E-state index contributed by atoms with van der Waals surface area (Å²) < 4.78 is 36.8. The van der Waals surface area contributed by atoms with Gasteiger partial charge in [0.2, 0.25) is 0 Å². The highest BCUT2D eigenvalue weighted by molar-refractivity contribution is 7.90. The van der Waals surface area contributed by atoms with Crippen LogP contribution in [0, 0.1) is 5.41 Å². The van der Waals surface area contributed by atoms with Gasteiger partial charge in [0.15, 0.2) is 0 Å². The summed E-state index contributed by atoms with van der Waals surface area (Å²) in [5.41, 5.74) is 4.74. The molecule has 2 aromatic rings. The van der Waals surface area contributed by atoms with Crippen LogP contribution in [0.2, 0.25) is 0 Å². The van der Waals surface area contributed by atoms with E-state index in [-0.39, 0.29) is 5.41 Å². The molecule has 7 nitrogen and oxygen atoms in total. The number of carbonyl (C=O) groups is 1. The van der Waals surface area contributed by atoms with E-state index < -0.39 is 23.6 Å². The third-order valence-corrected chi connectivity index (χ3v) is 7.08. The number of halogens is 1. The number of anilines is 1. The average molecular weight is 433 g/mol. The summed E-state index contributed by atoms with van der Waals surface area (Å²) in [7, 11) is 0. The Balaban J connectivity index is 1.34. The number of aryl methyl sites for hydroxylation is 1. The molecule has 1 aromatic heterocycles. The van der Waals surface area contributed by atoms with Gasteiger partial charge in [-0.25, -0.2) is 13.9 Å². The first-order valence-electron chi connectivity index (χ1n) is 10.3. The second-order valence-electron chi connectivity index (χ2n) is 9.14. The molecule has 2 amide bonds. The fraction of sp³-hybridized carbons (Fsp3) is 0.524. The highest BCUT2D eigenvalue weighted by Gasteiger charge is 2.35. The van der Waals surface area contributed by atoms with Gasteiger partial charge < -0.3 is 14.6 Å². The number of urea groups is 1. The van der Waals surface area contributed by atoms with Crippen LogP contribution >= 0.6 is 0 Å². The smallest absolute Gasteiger partial charge is 0.361 e. The van der Waals surface area contributed by atoms with Gasteiger partial charge in [0.05, 0.1) is 13.2 Å². The van der Waals surface area contributed by atoms with Gasteiger partial charge in [-0.15, -0.1) is 4.72 Å². The number of hydrogen-bond donors (Lipinski definition) is 2. The number of ether oxygens (including phenoxy) is 1. The molecule has 2 atom stereocenters. The molecule has 1 aliphatic heterocycles. The van der Waals surface area contributed by atoms with E-state index in [9.17, 15) is 13.7 Å². The zero-order valence-electron chi connectivity index (χ0n) is 17.1. The third-order valence-electron chi connectivity index (χ3n) is 6.03. The Kier molecular flexibility index (Phi) is 4.70. The van der Waals surface area contributed by atoms with Crippen LogP contribution in [0.4, 0.5) is 14.9 Å².